The lowest BCUT2D eigenvalue weighted by Gasteiger charge is -2.16. The predicted octanol–water partition coefficient (Wildman–Crippen LogP) is 2.61. The average Bonchev–Trinajstić information content (AvgIpc) is 2.99. The standard InChI is InChI=1S/C18H21FN2O2/c19-9-14-3-1-13(2-4-14)7-15-5-6-21(11-15)12-16-8-17(22)18(23)10-20-16/h1-4,8,10,15,23H,5-7,9,11-12H2,(H,20,22). The fourth-order valence-corrected chi connectivity index (χ4v) is 3.16. The molecule has 2 N–H and O–H groups in total. The van der Waals surface area contributed by atoms with Crippen molar-refractivity contribution in [2.24, 2.45) is 5.92 Å². The van der Waals surface area contributed by atoms with Gasteiger partial charge in [-0.05, 0) is 36.4 Å². The Kier molecular flexibility index (Phi) is 4.76. The minimum atomic E-state index is -0.414. The van der Waals surface area contributed by atoms with E-state index >= 15 is 0 Å². The molecule has 1 aliphatic heterocycles. The molecule has 1 aromatic carbocycles. The Balaban J connectivity index is 1.55. The molecule has 0 spiro atoms. The van der Waals surface area contributed by atoms with E-state index in [1.54, 1.807) is 0 Å². The van der Waals surface area contributed by atoms with Gasteiger partial charge in [0, 0.05) is 31.0 Å². The Morgan fingerprint density at radius 1 is 1.26 bits per heavy atom. The molecular weight excluding hydrogens is 295 g/mol. The minimum Gasteiger partial charge on any atom is -0.503 e. The van der Waals surface area contributed by atoms with Gasteiger partial charge in [0.1, 0.15) is 6.67 Å². The van der Waals surface area contributed by atoms with Crippen LogP contribution in [0.25, 0.3) is 0 Å². The van der Waals surface area contributed by atoms with Gasteiger partial charge in [-0.2, -0.15) is 0 Å². The molecule has 1 aromatic heterocycles. The van der Waals surface area contributed by atoms with E-state index in [0.717, 1.165) is 37.2 Å². The Morgan fingerprint density at radius 3 is 2.70 bits per heavy atom. The average molecular weight is 316 g/mol. The zero-order chi connectivity index (χ0) is 16.2. The van der Waals surface area contributed by atoms with Gasteiger partial charge in [0.25, 0.3) is 0 Å². The largest absolute Gasteiger partial charge is 0.503 e. The molecule has 4 nitrogen and oxygen atoms in total. The lowest BCUT2D eigenvalue weighted by Crippen LogP contribution is -2.22. The van der Waals surface area contributed by atoms with Crippen LogP contribution in [0.3, 0.4) is 0 Å². The highest BCUT2D eigenvalue weighted by Gasteiger charge is 2.22. The quantitative estimate of drug-likeness (QED) is 0.891. The first-order valence-corrected chi connectivity index (χ1v) is 7.91. The summed E-state index contributed by atoms with van der Waals surface area (Å²) in [7, 11) is 0. The zero-order valence-corrected chi connectivity index (χ0v) is 13.0. The summed E-state index contributed by atoms with van der Waals surface area (Å²) in [5.41, 5.74) is 2.44. The smallest absolute Gasteiger partial charge is 0.223 e. The fraction of sp³-hybridized carbons (Fsp3) is 0.389. The molecule has 0 bridgehead atoms. The van der Waals surface area contributed by atoms with Crippen molar-refractivity contribution in [1.29, 1.82) is 0 Å². The van der Waals surface area contributed by atoms with E-state index < -0.39 is 6.67 Å². The van der Waals surface area contributed by atoms with Crippen LogP contribution >= 0.6 is 0 Å². The molecule has 2 aromatic rings. The third-order valence-corrected chi connectivity index (χ3v) is 4.42. The van der Waals surface area contributed by atoms with E-state index in [9.17, 15) is 14.3 Å². The normalized spacial score (nSPS) is 18.4. The van der Waals surface area contributed by atoms with Crippen molar-refractivity contribution >= 4 is 0 Å². The number of hydrogen-bond donors (Lipinski definition) is 2. The second-order valence-electron chi connectivity index (χ2n) is 6.25. The van der Waals surface area contributed by atoms with E-state index in [0.29, 0.717) is 12.5 Å². The summed E-state index contributed by atoms with van der Waals surface area (Å²) in [5.74, 6) is 0.333. The summed E-state index contributed by atoms with van der Waals surface area (Å²) >= 11 is 0. The van der Waals surface area contributed by atoms with Crippen molar-refractivity contribution in [3.8, 4) is 5.75 Å². The zero-order valence-electron chi connectivity index (χ0n) is 13.0. The van der Waals surface area contributed by atoms with E-state index in [-0.39, 0.29) is 11.2 Å². The minimum absolute atomic E-state index is 0.246. The first-order valence-electron chi connectivity index (χ1n) is 7.91. The molecule has 0 aliphatic carbocycles. The molecule has 1 unspecified atom stereocenters. The SMILES string of the molecule is O=c1cc(CN2CCC(Cc3ccc(CF)cc3)C2)[nH]cc1O. The van der Waals surface area contributed by atoms with Gasteiger partial charge in [0.05, 0.1) is 0 Å². The van der Waals surface area contributed by atoms with Gasteiger partial charge in [-0.25, -0.2) is 4.39 Å². The highest BCUT2D eigenvalue weighted by Crippen LogP contribution is 2.22. The molecule has 0 saturated carbocycles. The van der Waals surface area contributed by atoms with Crippen molar-refractivity contribution in [1.82, 2.24) is 9.88 Å². The number of nitrogens with zero attached hydrogens (tertiary/aromatic N) is 1. The van der Waals surface area contributed by atoms with Gasteiger partial charge in [-0.1, -0.05) is 24.3 Å². The van der Waals surface area contributed by atoms with Crippen molar-refractivity contribution in [2.75, 3.05) is 13.1 Å². The van der Waals surface area contributed by atoms with E-state index in [2.05, 4.69) is 9.88 Å². The Bertz CT molecular complexity index is 712. The van der Waals surface area contributed by atoms with Crippen LogP contribution in [0.5, 0.6) is 5.75 Å². The molecule has 5 heteroatoms. The van der Waals surface area contributed by atoms with Crippen LogP contribution in [0.15, 0.2) is 41.3 Å². The third kappa shape index (κ3) is 3.99. The number of likely N-dealkylation sites (tertiary alicyclic amines) is 1. The van der Waals surface area contributed by atoms with Crippen LogP contribution in [0.4, 0.5) is 4.39 Å². The maximum absolute atomic E-state index is 12.5. The summed E-state index contributed by atoms with van der Waals surface area (Å²) in [6.07, 6.45) is 3.46. The van der Waals surface area contributed by atoms with E-state index in [1.165, 1.54) is 17.8 Å². The molecule has 0 amide bonds. The first kappa shape index (κ1) is 15.7. The predicted molar refractivity (Wildman–Crippen MR) is 87.1 cm³/mol. The number of hydrogen-bond acceptors (Lipinski definition) is 3. The summed E-state index contributed by atoms with van der Waals surface area (Å²) < 4.78 is 12.5. The Hall–Kier alpha value is -2.14. The van der Waals surface area contributed by atoms with Crippen molar-refractivity contribution in [3.05, 3.63) is 63.6 Å². The summed E-state index contributed by atoms with van der Waals surface area (Å²) in [6, 6.07) is 9.18. The molecule has 1 fully saturated rings. The molecule has 23 heavy (non-hydrogen) atoms. The van der Waals surface area contributed by atoms with Crippen LogP contribution in [-0.2, 0) is 19.6 Å². The molecule has 122 valence electrons. The van der Waals surface area contributed by atoms with Crippen LogP contribution in [0.1, 0.15) is 23.2 Å². The van der Waals surface area contributed by atoms with Gasteiger partial charge >= 0.3 is 0 Å². The number of benzene rings is 1. The molecular formula is C18H21FN2O2. The molecule has 1 atom stereocenters. The first-order chi connectivity index (χ1) is 11.1. The maximum atomic E-state index is 12.5. The summed E-state index contributed by atoms with van der Waals surface area (Å²) in [5, 5.41) is 9.27. The van der Waals surface area contributed by atoms with Gasteiger partial charge in [-0.15, -0.1) is 0 Å². The Labute approximate surface area is 134 Å². The molecule has 1 saturated heterocycles. The fourth-order valence-electron chi connectivity index (χ4n) is 3.16. The number of rotatable bonds is 5. The van der Waals surface area contributed by atoms with Crippen molar-refractivity contribution < 1.29 is 9.50 Å². The van der Waals surface area contributed by atoms with Crippen LogP contribution in [0, 0.1) is 5.92 Å². The lowest BCUT2D eigenvalue weighted by molar-refractivity contribution is 0.312. The highest BCUT2D eigenvalue weighted by molar-refractivity contribution is 5.22. The number of halogens is 1. The maximum Gasteiger partial charge on any atom is 0.223 e. The summed E-state index contributed by atoms with van der Waals surface area (Å²) in [6.45, 7) is 2.25. The van der Waals surface area contributed by atoms with Crippen LogP contribution in [-0.4, -0.2) is 28.1 Å². The number of aromatic amines is 1. The molecule has 1 aliphatic rings. The number of aromatic hydroxyl groups is 1. The molecule has 0 radical (unpaired) electrons. The van der Waals surface area contributed by atoms with Crippen molar-refractivity contribution in [2.45, 2.75) is 26.1 Å². The highest BCUT2D eigenvalue weighted by atomic mass is 19.1. The molecule has 2 heterocycles. The number of H-pyrrole nitrogens is 1. The number of pyridine rings is 1. The van der Waals surface area contributed by atoms with Gasteiger partial charge in [-0.3, -0.25) is 9.69 Å². The molecule has 3 rings (SSSR count). The number of aromatic nitrogens is 1. The van der Waals surface area contributed by atoms with Crippen LogP contribution < -0.4 is 5.43 Å². The third-order valence-electron chi connectivity index (χ3n) is 4.42. The second kappa shape index (κ2) is 6.96. The van der Waals surface area contributed by atoms with E-state index in [1.807, 2.05) is 24.3 Å². The van der Waals surface area contributed by atoms with Gasteiger partial charge < -0.3 is 10.1 Å². The Morgan fingerprint density at radius 2 is 2.00 bits per heavy atom. The number of alkyl halides is 1. The van der Waals surface area contributed by atoms with Gasteiger partial charge in [0.2, 0.25) is 5.43 Å². The van der Waals surface area contributed by atoms with Gasteiger partial charge in [0.15, 0.2) is 5.75 Å². The lowest BCUT2D eigenvalue weighted by atomic mass is 9.98. The van der Waals surface area contributed by atoms with E-state index in [4.69, 9.17) is 0 Å². The monoisotopic (exact) mass is 316 g/mol. The second-order valence-corrected chi connectivity index (χ2v) is 6.25. The summed E-state index contributed by atoms with van der Waals surface area (Å²) in [4.78, 5) is 16.7. The number of nitrogens with one attached hydrogen (secondary N) is 1. The van der Waals surface area contributed by atoms with Crippen molar-refractivity contribution in [3.63, 3.8) is 0 Å². The topological polar surface area (TPSA) is 56.3 Å². The van der Waals surface area contributed by atoms with Crippen LogP contribution in [0.2, 0.25) is 0 Å².